The molecule has 1 N–H and O–H groups in total. The van der Waals surface area contributed by atoms with Gasteiger partial charge in [-0.2, -0.15) is 5.10 Å². The average Bonchev–Trinajstić information content (AvgIpc) is 2.79. The molecule has 6 heteroatoms. The van der Waals surface area contributed by atoms with Gasteiger partial charge in [-0.05, 0) is 29.0 Å². The molecule has 0 unspecified atom stereocenters. The van der Waals surface area contributed by atoms with Crippen LogP contribution in [0.5, 0.6) is 5.75 Å². The standard InChI is InChI=1S/C23H23N3O3/c1-28-22-15-19(26-11-13-29-14-12-26)10-9-18(22)16-24-25-23(27)21-8-4-6-17-5-2-3-7-20(17)21/h2-10,15-16H,11-14H2,1H3,(H,25,27)/b24-16-. The minimum Gasteiger partial charge on any atom is -0.496 e. The molecule has 0 aromatic heterocycles. The van der Waals surface area contributed by atoms with E-state index in [2.05, 4.69) is 15.4 Å². The lowest BCUT2D eigenvalue weighted by Crippen LogP contribution is -2.36. The summed E-state index contributed by atoms with van der Waals surface area (Å²) in [6.07, 6.45) is 1.60. The van der Waals surface area contributed by atoms with Crippen LogP contribution in [0.1, 0.15) is 15.9 Å². The number of amides is 1. The van der Waals surface area contributed by atoms with Gasteiger partial charge in [-0.3, -0.25) is 4.79 Å². The van der Waals surface area contributed by atoms with Crippen molar-refractivity contribution in [2.24, 2.45) is 5.10 Å². The summed E-state index contributed by atoms with van der Waals surface area (Å²) in [6, 6.07) is 19.4. The van der Waals surface area contributed by atoms with E-state index in [1.807, 2.05) is 54.6 Å². The second-order valence-corrected chi connectivity index (χ2v) is 6.75. The van der Waals surface area contributed by atoms with Gasteiger partial charge in [-0.1, -0.05) is 36.4 Å². The molecule has 1 heterocycles. The van der Waals surface area contributed by atoms with Gasteiger partial charge in [0.15, 0.2) is 0 Å². The molecule has 0 aliphatic carbocycles. The summed E-state index contributed by atoms with van der Waals surface area (Å²) in [4.78, 5) is 14.8. The molecule has 3 aromatic rings. The first-order valence-corrected chi connectivity index (χ1v) is 9.58. The van der Waals surface area contributed by atoms with Crippen LogP contribution in [0.25, 0.3) is 10.8 Å². The molecule has 0 radical (unpaired) electrons. The Labute approximate surface area is 169 Å². The number of nitrogens with one attached hydrogen (secondary N) is 1. The van der Waals surface area contributed by atoms with Gasteiger partial charge in [-0.25, -0.2) is 5.43 Å². The van der Waals surface area contributed by atoms with Gasteiger partial charge in [0.25, 0.3) is 5.91 Å². The quantitative estimate of drug-likeness (QED) is 0.536. The molecule has 1 aliphatic rings. The topological polar surface area (TPSA) is 63.2 Å². The maximum atomic E-state index is 12.6. The summed E-state index contributed by atoms with van der Waals surface area (Å²) >= 11 is 0. The highest BCUT2D eigenvalue weighted by atomic mass is 16.5. The predicted molar refractivity (Wildman–Crippen MR) is 115 cm³/mol. The summed E-state index contributed by atoms with van der Waals surface area (Å²) in [5.41, 5.74) is 5.09. The first-order chi connectivity index (χ1) is 14.3. The minimum absolute atomic E-state index is 0.248. The number of hydrazone groups is 1. The van der Waals surface area contributed by atoms with Crippen molar-refractivity contribution in [1.29, 1.82) is 0 Å². The molecule has 0 bridgehead atoms. The number of morpholine rings is 1. The molecule has 0 spiro atoms. The van der Waals surface area contributed by atoms with Crippen LogP contribution in [-0.4, -0.2) is 45.5 Å². The van der Waals surface area contributed by atoms with Crippen LogP contribution in [0.3, 0.4) is 0 Å². The molecule has 4 rings (SSSR count). The Morgan fingerprint density at radius 3 is 2.72 bits per heavy atom. The van der Waals surface area contributed by atoms with Crippen molar-refractivity contribution in [3.8, 4) is 5.75 Å². The lowest BCUT2D eigenvalue weighted by Gasteiger charge is -2.29. The molecular weight excluding hydrogens is 366 g/mol. The largest absolute Gasteiger partial charge is 0.496 e. The number of fused-ring (bicyclic) bond motifs is 1. The van der Waals surface area contributed by atoms with Crippen molar-refractivity contribution in [2.75, 3.05) is 38.3 Å². The van der Waals surface area contributed by atoms with Crippen molar-refractivity contribution in [3.63, 3.8) is 0 Å². The Morgan fingerprint density at radius 2 is 1.90 bits per heavy atom. The maximum Gasteiger partial charge on any atom is 0.271 e. The van der Waals surface area contributed by atoms with Gasteiger partial charge in [0.1, 0.15) is 5.75 Å². The molecule has 1 amide bonds. The second kappa shape index (κ2) is 8.75. The zero-order valence-electron chi connectivity index (χ0n) is 16.3. The zero-order valence-corrected chi connectivity index (χ0v) is 16.3. The Hall–Kier alpha value is -3.38. The van der Waals surface area contributed by atoms with Crippen LogP contribution < -0.4 is 15.1 Å². The van der Waals surface area contributed by atoms with Crippen LogP contribution in [-0.2, 0) is 4.74 Å². The van der Waals surface area contributed by atoms with E-state index in [-0.39, 0.29) is 5.91 Å². The molecule has 0 saturated carbocycles. The van der Waals surface area contributed by atoms with Gasteiger partial charge in [0, 0.05) is 36.0 Å². The first kappa shape index (κ1) is 19.0. The Kier molecular flexibility index (Phi) is 5.72. The molecule has 148 valence electrons. The third-order valence-corrected chi connectivity index (χ3v) is 5.00. The number of carbonyl (C=O) groups is 1. The Bertz CT molecular complexity index is 1040. The van der Waals surface area contributed by atoms with Gasteiger partial charge in [-0.15, -0.1) is 0 Å². The summed E-state index contributed by atoms with van der Waals surface area (Å²) in [5.74, 6) is 0.458. The molecule has 1 aliphatic heterocycles. The van der Waals surface area contributed by atoms with E-state index in [1.165, 1.54) is 0 Å². The number of hydrogen-bond acceptors (Lipinski definition) is 5. The van der Waals surface area contributed by atoms with Crippen LogP contribution >= 0.6 is 0 Å². The Morgan fingerprint density at radius 1 is 1.10 bits per heavy atom. The third-order valence-electron chi connectivity index (χ3n) is 5.00. The highest BCUT2D eigenvalue weighted by Crippen LogP contribution is 2.25. The summed E-state index contributed by atoms with van der Waals surface area (Å²) in [5, 5.41) is 6.05. The van der Waals surface area contributed by atoms with E-state index in [0.717, 1.165) is 48.3 Å². The lowest BCUT2D eigenvalue weighted by atomic mass is 10.0. The number of ether oxygens (including phenoxy) is 2. The van der Waals surface area contributed by atoms with Crippen LogP contribution in [0, 0.1) is 0 Å². The molecule has 3 aromatic carbocycles. The van der Waals surface area contributed by atoms with Crippen molar-refractivity contribution in [2.45, 2.75) is 0 Å². The normalized spacial score (nSPS) is 14.3. The van der Waals surface area contributed by atoms with Crippen molar-refractivity contribution in [3.05, 3.63) is 71.8 Å². The Balaban J connectivity index is 1.49. The lowest BCUT2D eigenvalue weighted by molar-refractivity contribution is 0.0956. The molecule has 1 fully saturated rings. The molecule has 29 heavy (non-hydrogen) atoms. The SMILES string of the molecule is COc1cc(N2CCOCC2)ccc1/C=N\NC(=O)c1cccc2ccccc12. The second-order valence-electron chi connectivity index (χ2n) is 6.75. The van der Waals surface area contributed by atoms with Crippen molar-refractivity contribution < 1.29 is 14.3 Å². The van der Waals surface area contributed by atoms with Crippen LogP contribution in [0.2, 0.25) is 0 Å². The van der Waals surface area contributed by atoms with E-state index < -0.39 is 0 Å². The highest BCUT2D eigenvalue weighted by molar-refractivity contribution is 6.07. The van der Waals surface area contributed by atoms with E-state index in [4.69, 9.17) is 9.47 Å². The van der Waals surface area contributed by atoms with Gasteiger partial charge < -0.3 is 14.4 Å². The smallest absolute Gasteiger partial charge is 0.271 e. The fraction of sp³-hybridized carbons (Fsp3) is 0.217. The number of hydrogen-bond donors (Lipinski definition) is 1. The highest BCUT2D eigenvalue weighted by Gasteiger charge is 2.13. The molecule has 6 nitrogen and oxygen atoms in total. The number of rotatable bonds is 5. The summed E-state index contributed by atoms with van der Waals surface area (Å²) < 4.78 is 10.9. The minimum atomic E-state index is -0.248. The first-order valence-electron chi connectivity index (χ1n) is 9.58. The van der Waals surface area contributed by atoms with Gasteiger partial charge in [0.2, 0.25) is 0 Å². The number of carbonyl (C=O) groups excluding carboxylic acids is 1. The monoisotopic (exact) mass is 389 g/mol. The summed E-state index contributed by atoms with van der Waals surface area (Å²) in [7, 11) is 1.63. The average molecular weight is 389 g/mol. The molecular formula is C23H23N3O3. The van der Waals surface area contributed by atoms with Crippen molar-refractivity contribution in [1.82, 2.24) is 5.43 Å². The number of anilines is 1. The van der Waals surface area contributed by atoms with Gasteiger partial charge >= 0.3 is 0 Å². The van der Waals surface area contributed by atoms with E-state index >= 15 is 0 Å². The van der Waals surface area contributed by atoms with E-state index in [1.54, 1.807) is 19.4 Å². The fourth-order valence-corrected chi connectivity index (χ4v) is 3.47. The van der Waals surface area contributed by atoms with Crippen molar-refractivity contribution >= 4 is 28.6 Å². The van der Waals surface area contributed by atoms with Crippen LogP contribution in [0.15, 0.2) is 65.8 Å². The molecule has 0 atom stereocenters. The fourth-order valence-electron chi connectivity index (χ4n) is 3.47. The van der Waals surface area contributed by atoms with E-state index in [9.17, 15) is 4.79 Å². The molecule has 1 saturated heterocycles. The van der Waals surface area contributed by atoms with Crippen LogP contribution in [0.4, 0.5) is 5.69 Å². The summed E-state index contributed by atoms with van der Waals surface area (Å²) in [6.45, 7) is 3.17. The predicted octanol–water partition coefficient (Wildman–Crippen LogP) is 3.45. The maximum absolute atomic E-state index is 12.6. The van der Waals surface area contributed by atoms with Gasteiger partial charge in [0.05, 0.1) is 26.5 Å². The van der Waals surface area contributed by atoms with E-state index in [0.29, 0.717) is 11.3 Å². The number of nitrogens with zero attached hydrogens (tertiary/aromatic N) is 2. The zero-order chi connectivity index (χ0) is 20.1. The number of methoxy groups -OCH3 is 1. The third kappa shape index (κ3) is 4.22. The number of benzene rings is 3.